The standard InChI is InChI=1S/C15H14INO2/c1-10-8-12(16)6-7-13(10)17-15(19)9-11-4-2-3-5-14(11)18/h2-8,18H,9H2,1H3,(H,17,19). The van der Waals surface area contributed by atoms with Gasteiger partial charge in [0.2, 0.25) is 5.91 Å². The van der Waals surface area contributed by atoms with Gasteiger partial charge in [0.05, 0.1) is 6.42 Å². The van der Waals surface area contributed by atoms with Crippen LogP contribution in [0, 0.1) is 10.5 Å². The summed E-state index contributed by atoms with van der Waals surface area (Å²) in [5.74, 6) is 0.0165. The van der Waals surface area contributed by atoms with Gasteiger partial charge in [0.25, 0.3) is 0 Å². The van der Waals surface area contributed by atoms with Gasteiger partial charge < -0.3 is 10.4 Å². The number of phenols is 1. The summed E-state index contributed by atoms with van der Waals surface area (Å²) in [5, 5.41) is 12.5. The molecule has 1 amide bonds. The highest BCUT2D eigenvalue weighted by Crippen LogP contribution is 2.20. The Morgan fingerprint density at radius 1 is 1.26 bits per heavy atom. The van der Waals surface area contributed by atoms with Gasteiger partial charge in [-0.2, -0.15) is 0 Å². The molecule has 4 heteroatoms. The van der Waals surface area contributed by atoms with Crippen molar-refractivity contribution in [1.82, 2.24) is 0 Å². The molecule has 0 aromatic heterocycles. The highest BCUT2D eigenvalue weighted by molar-refractivity contribution is 14.1. The fraction of sp³-hybridized carbons (Fsp3) is 0.133. The van der Waals surface area contributed by atoms with Crippen molar-refractivity contribution in [2.75, 3.05) is 5.32 Å². The van der Waals surface area contributed by atoms with Gasteiger partial charge in [-0.1, -0.05) is 18.2 Å². The Morgan fingerprint density at radius 3 is 2.68 bits per heavy atom. The average molecular weight is 367 g/mol. The van der Waals surface area contributed by atoms with Crippen molar-refractivity contribution in [2.24, 2.45) is 0 Å². The van der Waals surface area contributed by atoms with Gasteiger partial charge in [-0.3, -0.25) is 4.79 Å². The molecular formula is C15H14INO2. The first-order chi connectivity index (χ1) is 9.06. The average Bonchev–Trinajstić information content (AvgIpc) is 2.36. The lowest BCUT2D eigenvalue weighted by Gasteiger charge is -2.09. The maximum Gasteiger partial charge on any atom is 0.228 e. The van der Waals surface area contributed by atoms with Crippen molar-refractivity contribution >= 4 is 34.2 Å². The molecule has 2 aromatic carbocycles. The van der Waals surface area contributed by atoms with Gasteiger partial charge in [0.1, 0.15) is 5.75 Å². The number of aromatic hydroxyl groups is 1. The van der Waals surface area contributed by atoms with Crippen LogP contribution in [0.5, 0.6) is 5.75 Å². The van der Waals surface area contributed by atoms with Crippen molar-refractivity contribution in [1.29, 1.82) is 0 Å². The lowest BCUT2D eigenvalue weighted by Crippen LogP contribution is -2.15. The molecule has 0 aliphatic carbocycles. The van der Waals surface area contributed by atoms with E-state index in [9.17, 15) is 9.90 Å². The summed E-state index contributed by atoms with van der Waals surface area (Å²) in [6.45, 7) is 1.96. The maximum absolute atomic E-state index is 11.9. The molecule has 2 N–H and O–H groups in total. The first kappa shape index (κ1) is 13.9. The Labute approximate surface area is 125 Å². The number of halogens is 1. The van der Waals surface area contributed by atoms with Crippen LogP contribution in [0.2, 0.25) is 0 Å². The zero-order chi connectivity index (χ0) is 13.8. The van der Waals surface area contributed by atoms with E-state index in [1.165, 1.54) is 0 Å². The first-order valence-corrected chi connectivity index (χ1v) is 6.97. The van der Waals surface area contributed by atoms with Crippen LogP contribution in [0.4, 0.5) is 5.69 Å². The maximum atomic E-state index is 11.9. The molecule has 0 saturated carbocycles. The SMILES string of the molecule is Cc1cc(I)ccc1NC(=O)Cc1ccccc1O. The number of rotatable bonds is 3. The summed E-state index contributed by atoms with van der Waals surface area (Å²) < 4.78 is 1.13. The third-order valence-corrected chi connectivity index (χ3v) is 3.48. The van der Waals surface area contributed by atoms with Crippen LogP contribution in [0.25, 0.3) is 0 Å². The summed E-state index contributed by atoms with van der Waals surface area (Å²) in [6, 6.07) is 12.7. The number of anilines is 1. The quantitative estimate of drug-likeness (QED) is 0.817. The van der Waals surface area contributed by atoms with Crippen molar-refractivity contribution in [3.05, 3.63) is 57.2 Å². The van der Waals surface area contributed by atoms with Crippen LogP contribution in [-0.4, -0.2) is 11.0 Å². The molecule has 0 aliphatic heterocycles. The van der Waals surface area contributed by atoms with Crippen molar-refractivity contribution in [3.63, 3.8) is 0 Å². The molecule has 3 nitrogen and oxygen atoms in total. The number of aryl methyl sites for hydroxylation is 1. The van der Waals surface area contributed by atoms with E-state index < -0.39 is 0 Å². The minimum atomic E-state index is -0.134. The summed E-state index contributed by atoms with van der Waals surface area (Å²) in [7, 11) is 0. The van der Waals surface area contributed by atoms with E-state index in [2.05, 4.69) is 27.9 Å². The molecule has 2 aromatic rings. The molecular weight excluding hydrogens is 353 g/mol. The van der Waals surface area contributed by atoms with E-state index >= 15 is 0 Å². The Bertz CT molecular complexity index is 611. The largest absolute Gasteiger partial charge is 0.508 e. The number of carbonyl (C=O) groups is 1. The molecule has 0 bridgehead atoms. The van der Waals surface area contributed by atoms with Crippen LogP contribution in [-0.2, 0) is 11.2 Å². The van der Waals surface area contributed by atoms with Crippen LogP contribution in [0.15, 0.2) is 42.5 Å². The van der Waals surface area contributed by atoms with Crippen LogP contribution >= 0.6 is 22.6 Å². The lowest BCUT2D eigenvalue weighted by molar-refractivity contribution is -0.115. The Hall–Kier alpha value is -1.56. The van der Waals surface area contributed by atoms with Gasteiger partial charge in [0.15, 0.2) is 0 Å². The van der Waals surface area contributed by atoms with E-state index in [-0.39, 0.29) is 18.1 Å². The van der Waals surface area contributed by atoms with Gasteiger partial charge in [-0.25, -0.2) is 0 Å². The monoisotopic (exact) mass is 367 g/mol. The molecule has 19 heavy (non-hydrogen) atoms. The summed E-state index contributed by atoms with van der Waals surface area (Å²) >= 11 is 2.23. The van der Waals surface area contributed by atoms with Gasteiger partial charge in [0, 0.05) is 14.8 Å². The van der Waals surface area contributed by atoms with Gasteiger partial charge >= 0.3 is 0 Å². The summed E-state index contributed by atoms with van der Waals surface area (Å²) in [4.78, 5) is 11.9. The van der Waals surface area contributed by atoms with Gasteiger partial charge in [-0.15, -0.1) is 0 Å². The Kier molecular flexibility index (Phi) is 4.42. The molecule has 2 rings (SSSR count). The number of para-hydroxylation sites is 1. The number of hydrogen-bond acceptors (Lipinski definition) is 2. The number of benzene rings is 2. The molecule has 0 fully saturated rings. The number of phenolic OH excluding ortho intramolecular Hbond substituents is 1. The molecule has 0 unspecified atom stereocenters. The zero-order valence-corrected chi connectivity index (χ0v) is 12.6. The van der Waals surface area contributed by atoms with E-state index in [4.69, 9.17) is 0 Å². The van der Waals surface area contributed by atoms with E-state index in [0.717, 1.165) is 14.8 Å². The topological polar surface area (TPSA) is 49.3 Å². The Balaban J connectivity index is 2.08. The number of nitrogens with one attached hydrogen (secondary N) is 1. The predicted octanol–water partition coefficient (Wildman–Crippen LogP) is 3.49. The number of carbonyl (C=O) groups excluding carboxylic acids is 1. The van der Waals surface area contributed by atoms with Crippen LogP contribution < -0.4 is 5.32 Å². The minimum absolute atomic E-state index is 0.134. The Morgan fingerprint density at radius 2 is 2.00 bits per heavy atom. The van der Waals surface area contributed by atoms with Crippen molar-refractivity contribution in [2.45, 2.75) is 13.3 Å². The van der Waals surface area contributed by atoms with E-state index in [1.807, 2.05) is 25.1 Å². The first-order valence-electron chi connectivity index (χ1n) is 5.89. The molecule has 0 spiro atoms. The minimum Gasteiger partial charge on any atom is -0.508 e. The zero-order valence-electron chi connectivity index (χ0n) is 10.5. The van der Waals surface area contributed by atoms with Crippen LogP contribution in [0.3, 0.4) is 0 Å². The molecule has 0 aliphatic rings. The molecule has 0 saturated heterocycles. The normalized spacial score (nSPS) is 10.2. The van der Waals surface area contributed by atoms with E-state index in [0.29, 0.717) is 5.56 Å². The van der Waals surface area contributed by atoms with Crippen LogP contribution in [0.1, 0.15) is 11.1 Å². The second-order valence-electron chi connectivity index (χ2n) is 4.31. The smallest absolute Gasteiger partial charge is 0.228 e. The fourth-order valence-corrected chi connectivity index (χ4v) is 2.44. The highest BCUT2D eigenvalue weighted by Gasteiger charge is 2.08. The summed E-state index contributed by atoms with van der Waals surface area (Å²) in [5.41, 5.74) is 2.46. The highest BCUT2D eigenvalue weighted by atomic mass is 127. The van der Waals surface area contributed by atoms with Gasteiger partial charge in [-0.05, 0) is 59.3 Å². The van der Waals surface area contributed by atoms with E-state index in [1.54, 1.807) is 24.3 Å². The van der Waals surface area contributed by atoms with Crippen molar-refractivity contribution in [3.8, 4) is 5.75 Å². The number of amides is 1. The third-order valence-electron chi connectivity index (χ3n) is 2.81. The summed E-state index contributed by atoms with van der Waals surface area (Å²) in [6.07, 6.45) is 0.165. The fourth-order valence-electron chi connectivity index (χ4n) is 1.80. The predicted molar refractivity (Wildman–Crippen MR) is 84.3 cm³/mol. The molecule has 0 heterocycles. The molecule has 0 radical (unpaired) electrons. The number of hydrogen-bond donors (Lipinski definition) is 2. The molecule has 98 valence electrons. The lowest BCUT2D eigenvalue weighted by atomic mass is 10.1. The third kappa shape index (κ3) is 3.70. The van der Waals surface area contributed by atoms with Crippen molar-refractivity contribution < 1.29 is 9.90 Å². The second kappa shape index (κ2) is 6.06. The molecule has 0 atom stereocenters. The second-order valence-corrected chi connectivity index (χ2v) is 5.56.